The van der Waals surface area contributed by atoms with Crippen molar-refractivity contribution < 1.29 is 9.59 Å². The van der Waals surface area contributed by atoms with Gasteiger partial charge in [-0.05, 0) is 25.0 Å². The molecule has 1 aliphatic heterocycles. The molecule has 0 unspecified atom stereocenters. The predicted octanol–water partition coefficient (Wildman–Crippen LogP) is 1.62. The molecule has 2 fully saturated rings. The summed E-state index contributed by atoms with van der Waals surface area (Å²) in [4.78, 5) is 30.1. The quantitative estimate of drug-likeness (QED) is 0.856. The van der Waals surface area contributed by atoms with Gasteiger partial charge in [-0.1, -0.05) is 24.4 Å². The number of hydrogen-bond donors (Lipinski definition) is 1. The summed E-state index contributed by atoms with van der Waals surface area (Å²) >= 11 is 5.78. The average Bonchev–Trinajstić information content (AvgIpc) is 2.46. The molecule has 2 aliphatic rings. The van der Waals surface area contributed by atoms with E-state index in [0.29, 0.717) is 10.7 Å². The predicted molar refractivity (Wildman–Crippen MR) is 74.5 cm³/mol. The van der Waals surface area contributed by atoms with E-state index in [2.05, 4.69) is 10.3 Å². The summed E-state index contributed by atoms with van der Waals surface area (Å²) in [5.41, 5.74) is 0.341. The molecule has 106 valence electrons. The Morgan fingerprint density at radius 1 is 1.35 bits per heavy atom. The molecule has 1 aliphatic carbocycles. The monoisotopic (exact) mass is 293 g/mol. The third-order valence-corrected chi connectivity index (χ3v) is 4.22. The molecule has 2 atom stereocenters. The van der Waals surface area contributed by atoms with E-state index in [-0.39, 0.29) is 30.4 Å². The Kier molecular flexibility index (Phi) is 3.61. The van der Waals surface area contributed by atoms with Crippen LogP contribution >= 0.6 is 11.6 Å². The van der Waals surface area contributed by atoms with Gasteiger partial charge in [-0.15, -0.1) is 0 Å². The van der Waals surface area contributed by atoms with Gasteiger partial charge in [0, 0.05) is 12.2 Å². The zero-order valence-electron chi connectivity index (χ0n) is 11.0. The summed E-state index contributed by atoms with van der Waals surface area (Å²) in [5.74, 6) is -0.274. The third-order valence-electron chi connectivity index (χ3n) is 4.00. The number of hydrogen-bond acceptors (Lipinski definition) is 3. The van der Waals surface area contributed by atoms with Crippen molar-refractivity contribution in [1.29, 1.82) is 0 Å². The van der Waals surface area contributed by atoms with E-state index in [9.17, 15) is 9.59 Å². The first-order valence-electron chi connectivity index (χ1n) is 6.87. The van der Waals surface area contributed by atoms with Crippen molar-refractivity contribution in [2.24, 2.45) is 0 Å². The van der Waals surface area contributed by atoms with E-state index < -0.39 is 0 Å². The number of carbonyl (C=O) groups is 2. The lowest BCUT2D eigenvalue weighted by Gasteiger charge is -2.43. The number of pyridine rings is 1. The fourth-order valence-electron chi connectivity index (χ4n) is 3.05. The lowest BCUT2D eigenvalue weighted by molar-refractivity contribution is -0.127. The molecule has 1 saturated carbocycles. The number of carbonyl (C=O) groups excluding carboxylic acids is 2. The topological polar surface area (TPSA) is 62.3 Å². The summed E-state index contributed by atoms with van der Waals surface area (Å²) in [6, 6.07) is 3.42. The highest BCUT2D eigenvalue weighted by atomic mass is 35.5. The van der Waals surface area contributed by atoms with Crippen molar-refractivity contribution in [3.63, 3.8) is 0 Å². The molecule has 3 rings (SSSR count). The van der Waals surface area contributed by atoms with E-state index >= 15 is 0 Å². The van der Waals surface area contributed by atoms with Gasteiger partial charge in [0.2, 0.25) is 5.91 Å². The van der Waals surface area contributed by atoms with Crippen LogP contribution in [0.2, 0.25) is 5.02 Å². The van der Waals surface area contributed by atoms with Crippen molar-refractivity contribution in [3.05, 3.63) is 29.0 Å². The number of rotatable bonds is 1. The van der Waals surface area contributed by atoms with Crippen molar-refractivity contribution in [1.82, 2.24) is 15.2 Å². The van der Waals surface area contributed by atoms with Crippen molar-refractivity contribution in [2.75, 3.05) is 6.54 Å². The molecule has 2 amide bonds. The van der Waals surface area contributed by atoms with Gasteiger partial charge in [0.15, 0.2) is 0 Å². The Hall–Kier alpha value is -1.62. The molecule has 0 aromatic carbocycles. The van der Waals surface area contributed by atoms with Gasteiger partial charge in [0.1, 0.15) is 12.2 Å². The van der Waals surface area contributed by atoms with Gasteiger partial charge in [-0.3, -0.25) is 9.59 Å². The van der Waals surface area contributed by atoms with Crippen LogP contribution in [0.4, 0.5) is 0 Å². The number of halogens is 1. The summed E-state index contributed by atoms with van der Waals surface area (Å²) in [6.07, 6.45) is 5.52. The molecule has 1 N–H and O–H groups in total. The van der Waals surface area contributed by atoms with Gasteiger partial charge < -0.3 is 10.2 Å². The zero-order chi connectivity index (χ0) is 14.1. The Labute approximate surface area is 122 Å². The third kappa shape index (κ3) is 2.50. The summed E-state index contributed by atoms with van der Waals surface area (Å²) in [7, 11) is 0. The Balaban J connectivity index is 1.84. The summed E-state index contributed by atoms with van der Waals surface area (Å²) in [5, 5.41) is 3.48. The maximum atomic E-state index is 12.6. The molecule has 1 aromatic rings. The summed E-state index contributed by atoms with van der Waals surface area (Å²) in [6.45, 7) is 0.115. The maximum absolute atomic E-state index is 12.6. The number of piperazine rings is 1. The highest BCUT2D eigenvalue weighted by molar-refractivity contribution is 6.30. The van der Waals surface area contributed by atoms with E-state index in [1.54, 1.807) is 17.0 Å². The fourth-order valence-corrected chi connectivity index (χ4v) is 3.16. The standard InChI is InChI=1S/C14H16ClN3O2/c15-9-5-6-11(16-7-9)14(20)18-8-13(19)17-10-3-1-2-4-12(10)18/h5-7,10,12H,1-4,8H2,(H,17,19)/t10-,12-/m1/s1. The normalized spacial score (nSPS) is 25.9. The zero-order valence-corrected chi connectivity index (χ0v) is 11.8. The maximum Gasteiger partial charge on any atom is 0.273 e. The van der Waals surface area contributed by atoms with Crippen LogP contribution in [0.3, 0.4) is 0 Å². The highest BCUT2D eigenvalue weighted by Crippen LogP contribution is 2.26. The number of fused-ring (bicyclic) bond motifs is 1. The highest BCUT2D eigenvalue weighted by Gasteiger charge is 2.39. The molecule has 20 heavy (non-hydrogen) atoms. The van der Waals surface area contributed by atoms with E-state index in [1.165, 1.54) is 6.20 Å². The SMILES string of the molecule is O=C1CN(C(=O)c2ccc(Cl)cn2)[C@@H]2CCCC[C@H]2N1. The Morgan fingerprint density at radius 2 is 2.15 bits per heavy atom. The van der Waals surface area contributed by atoms with Crippen molar-refractivity contribution in [3.8, 4) is 0 Å². The van der Waals surface area contributed by atoms with Crippen LogP contribution in [-0.4, -0.2) is 40.3 Å². The number of nitrogens with one attached hydrogen (secondary N) is 1. The minimum Gasteiger partial charge on any atom is -0.350 e. The van der Waals surface area contributed by atoms with Crippen LogP contribution in [0, 0.1) is 0 Å². The minimum absolute atomic E-state index is 0.0845. The molecule has 5 nitrogen and oxygen atoms in total. The van der Waals surface area contributed by atoms with Crippen LogP contribution < -0.4 is 5.32 Å². The van der Waals surface area contributed by atoms with E-state index in [0.717, 1.165) is 25.7 Å². The van der Waals surface area contributed by atoms with Crippen molar-refractivity contribution >= 4 is 23.4 Å². The van der Waals surface area contributed by atoms with Gasteiger partial charge in [-0.2, -0.15) is 0 Å². The number of amides is 2. The molecule has 2 heterocycles. The molecular formula is C14H16ClN3O2. The van der Waals surface area contributed by atoms with Crippen LogP contribution in [0.25, 0.3) is 0 Å². The van der Waals surface area contributed by atoms with Gasteiger partial charge in [0.25, 0.3) is 5.91 Å². The van der Waals surface area contributed by atoms with Crippen LogP contribution in [0.15, 0.2) is 18.3 Å². The van der Waals surface area contributed by atoms with E-state index in [4.69, 9.17) is 11.6 Å². The fraction of sp³-hybridized carbons (Fsp3) is 0.500. The minimum atomic E-state index is -0.187. The lowest BCUT2D eigenvalue weighted by atomic mass is 9.87. The first-order valence-corrected chi connectivity index (χ1v) is 7.25. The molecule has 0 radical (unpaired) electrons. The number of aromatic nitrogens is 1. The Morgan fingerprint density at radius 3 is 2.90 bits per heavy atom. The first-order chi connectivity index (χ1) is 9.65. The lowest BCUT2D eigenvalue weighted by Crippen LogP contribution is -2.63. The molecule has 1 aromatic heterocycles. The first kappa shape index (κ1) is 13.4. The smallest absolute Gasteiger partial charge is 0.273 e. The second kappa shape index (κ2) is 5.40. The Bertz CT molecular complexity index is 532. The van der Waals surface area contributed by atoms with Crippen LogP contribution in [0.1, 0.15) is 36.2 Å². The largest absolute Gasteiger partial charge is 0.350 e. The summed E-state index contributed by atoms with van der Waals surface area (Å²) < 4.78 is 0. The molecule has 6 heteroatoms. The van der Waals surface area contributed by atoms with Gasteiger partial charge in [-0.25, -0.2) is 4.98 Å². The van der Waals surface area contributed by atoms with Gasteiger partial charge >= 0.3 is 0 Å². The average molecular weight is 294 g/mol. The van der Waals surface area contributed by atoms with Crippen LogP contribution in [-0.2, 0) is 4.79 Å². The second-order valence-electron chi connectivity index (χ2n) is 5.32. The number of nitrogens with zero attached hydrogens (tertiary/aromatic N) is 2. The molecular weight excluding hydrogens is 278 g/mol. The van der Waals surface area contributed by atoms with Gasteiger partial charge in [0.05, 0.1) is 11.1 Å². The van der Waals surface area contributed by atoms with Crippen molar-refractivity contribution in [2.45, 2.75) is 37.8 Å². The van der Waals surface area contributed by atoms with Crippen LogP contribution in [0.5, 0.6) is 0 Å². The molecule has 0 spiro atoms. The van der Waals surface area contributed by atoms with E-state index in [1.807, 2.05) is 0 Å². The molecule has 0 bridgehead atoms. The second-order valence-corrected chi connectivity index (χ2v) is 5.76. The molecule has 1 saturated heterocycles.